The molecular formula is C29H43N. The van der Waals surface area contributed by atoms with Gasteiger partial charge in [-0.2, -0.15) is 0 Å². The molecule has 2 unspecified atom stereocenters. The highest BCUT2D eigenvalue weighted by atomic mass is 14.6. The van der Waals surface area contributed by atoms with Gasteiger partial charge in [0.1, 0.15) is 0 Å². The van der Waals surface area contributed by atoms with Gasteiger partial charge in [-0.1, -0.05) is 88.6 Å². The zero-order valence-electron chi connectivity index (χ0n) is 20.0. The first kappa shape index (κ1) is 26.0. The van der Waals surface area contributed by atoms with Gasteiger partial charge in [-0.25, -0.2) is 0 Å². The summed E-state index contributed by atoms with van der Waals surface area (Å²) in [7, 11) is 0. The number of nitrogens with two attached hydrogens (primary N) is 1. The zero-order valence-corrected chi connectivity index (χ0v) is 20.0. The van der Waals surface area contributed by atoms with Crippen LogP contribution in [0.3, 0.4) is 0 Å². The molecule has 0 spiro atoms. The van der Waals surface area contributed by atoms with E-state index in [0.29, 0.717) is 6.04 Å². The fraction of sp³-hybridized carbons (Fsp3) is 0.517. The van der Waals surface area contributed by atoms with Crippen LogP contribution in [0.4, 0.5) is 0 Å². The van der Waals surface area contributed by atoms with Gasteiger partial charge in [-0.05, 0) is 74.8 Å². The minimum absolute atomic E-state index is 0.441. The molecular weight excluding hydrogens is 362 g/mol. The van der Waals surface area contributed by atoms with Gasteiger partial charge in [-0.15, -0.1) is 0 Å². The summed E-state index contributed by atoms with van der Waals surface area (Å²) in [6, 6.07) is 17.6. The number of hydrogen-bond acceptors (Lipinski definition) is 1. The lowest BCUT2D eigenvalue weighted by molar-refractivity contribution is 0.425. The normalized spacial score (nSPS) is 17.8. The molecule has 164 valence electrons. The maximum Gasteiger partial charge on any atom is 0.0249 e. The van der Waals surface area contributed by atoms with E-state index in [2.05, 4.69) is 81.1 Å². The lowest BCUT2D eigenvalue weighted by Gasteiger charge is -2.13. The smallest absolute Gasteiger partial charge is 0.0249 e. The lowest BCUT2D eigenvalue weighted by atomic mass is 9.92. The minimum Gasteiger partial charge on any atom is -0.328 e. The molecule has 2 atom stereocenters. The van der Waals surface area contributed by atoms with Crippen LogP contribution in [-0.4, -0.2) is 6.04 Å². The molecule has 2 N–H and O–H groups in total. The Balaban J connectivity index is 0.000000826. The van der Waals surface area contributed by atoms with E-state index in [4.69, 9.17) is 5.73 Å². The molecule has 0 amide bonds. The molecule has 0 aromatic heterocycles. The van der Waals surface area contributed by atoms with Crippen LogP contribution in [0.1, 0.15) is 94.9 Å². The molecule has 1 saturated carbocycles. The maximum absolute atomic E-state index is 6.09. The van der Waals surface area contributed by atoms with Crippen LogP contribution in [0.5, 0.6) is 0 Å². The average molecular weight is 406 g/mol. The molecule has 1 heteroatoms. The van der Waals surface area contributed by atoms with E-state index in [-0.39, 0.29) is 0 Å². The first-order valence-corrected chi connectivity index (χ1v) is 12.0. The lowest BCUT2D eigenvalue weighted by Crippen LogP contribution is -2.18. The van der Waals surface area contributed by atoms with E-state index in [0.717, 1.165) is 17.0 Å². The van der Waals surface area contributed by atoms with Crippen molar-refractivity contribution in [1.82, 2.24) is 0 Å². The molecule has 0 bridgehead atoms. The number of rotatable bonds is 3. The largest absolute Gasteiger partial charge is 0.328 e. The summed E-state index contributed by atoms with van der Waals surface area (Å²) in [5.74, 6) is 7.36. The molecule has 1 aliphatic rings. The highest BCUT2D eigenvalue weighted by Gasteiger charge is 2.16. The van der Waals surface area contributed by atoms with Gasteiger partial charge >= 0.3 is 0 Å². The highest BCUT2D eigenvalue weighted by molar-refractivity contribution is 5.43. The Kier molecular flexibility index (Phi) is 13.7. The van der Waals surface area contributed by atoms with Gasteiger partial charge in [-0.3, -0.25) is 0 Å². The molecule has 0 saturated heterocycles. The molecule has 2 aromatic rings. The second-order valence-corrected chi connectivity index (χ2v) is 8.19. The summed E-state index contributed by atoms with van der Waals surface area (Å²) < 4.78 is 0. The van der Waals surface area contributed by atoms with Crippen molar-refractivity contribution in [2.75, 3.05) is 0 Å². The summed E-state index contributed by atoms with van der Waals surface area (Å²) in [5, 5.41) is 0. The van der Waals surface area contributed by atoms with Gasteiger partial charge in [0.05, 0.1) is 0 Å². The van der Waals surface area contributed by atoms with Gasteiger partial charge in [0.15, 0.2) is 0 Å². The molecule has 30 heavy (non-hydrogen) atoms. The SMILES string of the molecule is CC.CCC.Cc1ccc(C#Cc2ccc(CCC3CCCC(N)CC3)cc2)cc1. The molecule has 2 aromatic carbocycles. The highest BCUT2D eigenvalue weighted by Crippen LogP contribution is 2.26. The van der Waals surface area contributed by atoms with Crippen LogP contribution in [0.25, 0.3) is 0 Å². The third-order valence-corrected chi connectivity index (χ3v) is 5.33. The molecule has 0 aliphatic heterocycles. The van der Waals surface area contributed by atoms with Gasteiger partial charge < -0.3 is 5.73 Å². The Morgan fingerprint density at radius 2 is 1.33 bits per heavy atom. The monoisotopic (exact) mass is 405 g/mol. The Morgan fingerprint density at radius 3 is 1.90 bits per heavy atom. The second kappa shape index (κ2) is 15.8. The average Bonchev–Trinajstić information content (AvgIpc) is 2.99. The van der Waals surface area contributed by atoms with Crippen LogP contribution in [0, 0.1) is 24.7 Å². The first-order chi connectivity index (χ1) is 14.6. The first-order valence-electron chi connectivity index (χ1n) is 12.0. The predicted molar refractivity (Wildman–Crippen MR) is 134 cm³/mol. The van der Waals surface area contributed by atoms with E-state index in [9.17, 15) is 0 Å². The Bertz CT molecular complexity index is 731. The molecule has 0 radical (unpaired) electrons. The Labute approximate surface area is 186 Å². The minimum atomic E-state index is 0.441. The van der Waals surface area contributed by atoms with Gasteiger partial charge in [0, 0.05) is 17.2 Å². The van der Waals surface area contributed by atoms with Crippen molar-refractivity contribution in [2.45, 2.75) is 92.0 Å². The van der Waals surface area contributed by atoms with Crippen LogP contribution in [0.2, 0.25) is 0 Å². The van der Waals surface area contributed by atoms with Crippen molar-refractivity contribution >= 4 is 0 Å². The van der Waals surface area contributed by atoms with Crippen LogP contribution >= 0.6 is 0 Å². The number of aryl methyl sites for hydroxylation is 2. The Morgan fingerprint density at radius 1 is 0.800 bits per heavy atom. The van der Waals surface area contributed by atoms with E-state index < -0.39 is 0 Å². The fourth-order valence-corrected chi connectivity index (χ4v) is 3.60. The molecule has 1 nitrogen and oxygen atoms in total. The molecule has 1 fully saturated rings. The maximum atomic E-state index is 6.09. The van der Waals surface area contributed by atoms with Crippen molar-refractivity contribution in [3.05, 3.63) is 70.8 Å². The summed E-state index contributed by atoms with van der Waals surface area (Å²) >= 11 is 0. The van der Waals surface area contributed by atoms with Crippen LogP contribution < -0.4 is 5.73 Å². The quantitative estimate of drug-likeness (QED) is 0.411. The van der Waals surface area contributed by atoms with Crippen LogP contribution in [-0.2, 0) is 6.42 Å². The van der Waals surface area contributed by atoms with Gasteiger partial charge in [0.2, 0.25) is 0 Å². The van der Waals surface area contributed by atoms with Crippen molar-refractivity contribution < 1.29 is 0 Å². The predicted octanol–water partition coefficient (Wildman–Crippen LogP) is 7.68. The fourth-order valence-electron chi connectivity index (χ4n) is 3.60. The third-order valence-electron chi connectivity index (χ3n) is 5.33. The summed E-state index contributed by atoms with van der Waals surface area (Å²) in [5.41, 5.74) is 10.9. The summed E-state index contributed by atoms with van der Waals surface area (Å²) in [4.78, 5) is 0. The Hall–Kier alpha value is -2.04. The van der Waals surface area contributed by atoms with Crippen molar-refractivity contribution in [2.24, 2.45) is 11.7 Å². The molecule has 3 rings (SSSR count). The molecule has 1 aliphatic carbocycles. The van der Waals surface area contributed by atoms with E-state index >= 15 is 0 Å². The van der Waals surface area contributed by atoms with Crippen LogP contribution in [0.15, 0.2) is 48.5 Å². The summed E-state index contributed by atoms with van der Waals surface area (Å²) in [6.07, 6.45) is 10.1. The summed E-state index contributed by atoms with van der Waals surface area (Å²) in [6.45, 7) is 10.3. The van der Waals surface area contributed by atoms with E-state index in [1.165, 1.54) is 62.5 Å². The van der Waals surface area contributed by atoms with Gasteiger partial charge in [0.25, 0.3) is 0 Å². The third kappa shape index (κ3) is 10.7. The standard InChI is InChI=1S/C24H29N.C3H8.C2H6/c1-19-5-7-21(8-6-19)11-12-23-15-13-22(14-16-23)10-9-20-3-2-4-24(25)18-17-20;1-3-2;1-2/h5-8,13-16,20,24H,2-4,9-10,17-18,25H2,1H3;3H2,1-2H3;1-2H3. The van der Waals surface area contributed by atoms with Crippen molar-refractivity contribution in [3.63, 3.8) is 0 Å². The number of hydrogen-bond donors (Lipinski definition) is 1. The zero-order chi connectivity index (χ0) is 22.2. The topological polar surface area (TPSA) is 26.0 Å². The van der Waals surface area contributed by atoms with E-state index in [1.54, 1.807) is 0 Å². The number of benzene rings is 2. The van der Waals surface area contributed by atoms with E-state index in [1.807, 2.05) is 13.8 Å². The van der Waals surface area contributed by atoms with Crippen molar-refractivity contribution in [3.8, 4) is 11.8 Å². The molecule has 0 heterocycles. The van der Waals surface area contributed by atoms with Crippen molar-refractivity contribution in [1.29, 1.82) is 0 Å². The second-order valence-electron chi connectivity index (χ2n) is 8.19.